The lowest BCUT2D eigenvalue weighted by Gasteiger charge is -2.21. The van der Waals surface area contributed by atoms with Gasteiger partial charge in [-0.15, -0.1) is 11.3 Å². The molecule has 0 spiro atoms. The third kappa shape index (κ3) is 3.76. The second kappa shape index (κ2) is 7.58. The van der Waals surface area contributed by atoms with Crippen molar-refractivity contribution in [3.05, 3.63) is 16.1 Å². The van der Waals surface area contributed by atoms with Crippen molar-refractivity contribution >= 4 is 23.3 Å². The third-order valence-electron chi connectivity index (χ3n) is 3.98. The molecule has 2 unspecified atom stereocenters. The summed E-state index contributed by atoms with van der Waals surface area (Å²) in [5.41, 5.74) is 0. The largest absolute Gasteiger partial charge is 0.469 e. The lowest BCUT2D eigenvalue weighted by Crippen LogP contribution is -2.40. The summed E-state index contributed by atoms with van der Waals surface area (Å²) in [6.07, 6.45) is 2.94. The van der Waals surface area contributed by atoms with Crippen molar-refractivity contribution in [1.29, 1.82) is 0 Å². The maximum atomic E-state index is 11.8. The van der Waals surface area contributed by atoms with Gasteiger partial charge in [0.05, 0.1) is 19.6 Å². The number of guanidine groups is 1. The molecular formula is C15H24N4O2S. The number of nitrogens with zero attached hydrogens (tertiary/aromatic N) is 3. The number of nitrogens with one attached hydrogen (secondary N) is 1. The number of aromatic nitrogens is 1. The third-order valence-corrected chi connectivity index (χ3v) is 5.12. The molecule has 22 heavy (non-hydrogen) atoms. The fraction of sp³-hybridized carbons (Fsp3) is 0.667. The number of hydrogen-bond donors (Lipinski definition) is 1. The second-order valence-corrected chi connectivity index (χ2v) is 6.69. The molecule has 1 saturated heterocycles. The minimum atomic E-state index is -0.141. The first-order valence-corrected chi connectivity index (χ1v) is 8.37. The van der Waals surface area contributed by atoms with Crippen LogP contribution in [0.2, 0.25) is 0 Å². The van der Waals surface area contributed by atoms with Crippen LogP contribution in [0.1, 0.15) is 23.7 Å². The van der Waals surface area contributed by atoms with Gasteiger partial charge in [0.2, 0.25) is 0 Å². The van der Waals surface area contributed by atoms with Crippen LogP contribution in [0, 0.1) is 11.8 Å². The predicted molar refractivity (Wildman–Crippen MR) is 87.9 cm³/mol. The Balaban J connectivity index is 1.93. The highest BCUT2D eigenvalue weighted by molar-refractivity contribution is 7.11. The number of aryl methyl sites for hydroxylation is 1. The molecule has 1 aliphatic heterocycles. The Morgan fingerprint density at radius 1 is 1.59 bits per heavy atom. The maximum Gasteiger partial charge on any atom is 0.310 e. The van der Waals surface area contributed by atoms with Crippen LogP contribution in [0.4, 0.5) is 0 Å². The molecule has 2 rings (SSSR count). The van der Waals surface area contributed by atoms with E-state index in [9.17, 15) is 4.79 Å². The summed E-state index contributed by atoms with van der Waals surface area (Å²) in [6, 6.07) is 0. The van der Waals surface area contributed by atoms with Crippen LogP contribution in [-0.2, 0) is 22.5 Å². The van der Waals surface area contributed by atoms with Crippen molar-refractivity contribution in [1.82, 2.24) is 15.2 Å². The number of rotatable bonds is 4. The van der Waals surface area contributed by atoms with E-state index in [0.717, 1.165) is 23.9 Å². The minimum Gasteiger partial charge on any atom is -0.469 e. The molecule has 7 heteroatoms. The Kier molecular flexibility index (Phi) is 5.76. The molecular weight excluding hydrogens is 300 g/mol. The highest BCUT2D eigenvalue weighted by Gasteiger charge is 2.36. The van der Waals surface area contributed by atoms with Crippen molar-refractivity contribution in [2.45, 2.75) is 26.8 Å². The van der Waals surface area contributed by atoms with Gasteiger partial charge in [0.1, 0.15) is 5.01 Å². The molecule has 0 amide bonds. The number of esters is 1. The zero-order chi connectivity index (χ0) is 16.1. The van der Waals surface area contributed by atoms with Gasteiger partial charge in [-0.25, -0.2) is 4.98 Å². The molecule has 0 radical (unpaired) electrons. The quantitative estimate of drug-likeness (QED) is 0.517. The highest BCUT2D eigenvalue weighted by Crippen LogP contribution is 2.24. The Labute approximate surface area is 135 Å². The standard InChI is InChI=1S/C15H24N4O2S/c1-5-11-6-17-13(22-11)7-18-15(16-3)19-8-10(2)12(9-19)14(20)21-4/h6,10,12H,5,7-9H2,1-4H3,(H,16,18). The van der Waals surface area contributed by atoms with Gasteiger partial charge in [-0.2, -0.15) is 0 Å². The molecule has 0 saturated carbocycles. The van der Waals surface area contributed by atoms with Crippen molar-refractivity contribution < 1.29 is 9.53 Å². The lowest BCUT2D eigenvalue weighted by molar-refractivity contribution is -0.145. The van der Waals surface area contributed by atoms with Crippen LogP contribution < -0.4 is 5.32 Å². The molecule has 6 nitrogen and oxygen atoms in total. The summed E-state index contributed by atoms with van der Waals surface area (Å²) in [7, 11) is 3.20. The first kappa shape index (κ1) is 16.7. The Morgan fingerprint density at radius 2 is 2.36 bits per heavy atom. The van der Waals surface area contributed by atoms with E-state index in [1.807, 2.05) is 6.20 Å². The summed E-state index contributed by atoms with van der Waals surface area (Å²) in [5, 5.41) is 4.39. The monoisotopic (exact) mass is 324 g/mol. The van der Waals surface area contributed by atoms with Gasteiger partial charge in [0, 0.05) is 31.2 Å². The van der Waals surface area contributed by atoms with Crippen molar-refractivity contribution in [3.8, 4) is 0 Å². The first-order valence-electron chi connectivity index (χ1n) is 7.56. The first-order chi connectivity index (χ1) is 10.6. The molecule has 1 aliphatic rings. The number of carbonyl (C=O) groups excluding carboxylic acids is 1. The van der Waals surface area contributed by atoms with Gasteiger partial charge in [-0.3, -0.25) is 9.79 Å². The average molecular weight is 324 g/mol. The van der Waals surface area contributed by atoms with Gasteiger partial charge in [-0.1, -0.05) is 13.8 Å². The zero-order valence-electron chi connectivity index (χ0n) is 13.6. The summed E-state index contributed by atoms with van der Waals surface area (Å²) >= 11 is 1.72. The smallest absolute Gasteiger partial charge is 0.310 e. The molecule has 1 fully saturated rings. The van der Waals surface area contributed by atoms with E-state index in [0.29, 0.717) is 13.1 Å². The van der Waals surface area contributed by atoms with Crippen LogP contribution >= 0.6 is 11.3 Å². The van der Waals surface area contributed by atoms with E-state index in [1.165, 1.54) is 12.0 Å². The van der Waals surface area contributed by atoms with E-state index in [-0.39, 0.29) is 17.8 Å². The van der Waals surface area contributed by atoms with Crippen LogP contribution in [0.25, 0.3) is 0 Å². The lowest BCUT2D eigenvalue weighted by atomic mass is 9.99. The Hall–Kier alpha value is -1.63. The molecule has 2 atom stereocenters. The van der Waals surface area contributed by atoms with Gasteiger partial charge in [-0.05, 0) is 12.3 Å². The number of methoxy groups -OCH3 is 1. The molecule has 1 N–H and O–H groups in total. The number of thiazole rings is 1. The fourth-order valence-electron chi connectivity index (χ4n) is 2.68. The molecule has 1 aromatic rings. The average Bonchev–Trinajstić information content (AvgIpc) is 3.14. The number of hydrogen-bond acceptors (Lipinski definition) is 5. The van der Waals surface area contributed by atoms with E-state index < -0.39 is 0 Å². The molecule has 122 valence electrons. The topological polar surface area (TPSA) is 66.8 Å². The number of likely N-dealkylation sites (tertiary alicyclic amines) is 1. The van der Waals surface area contributed by atoms with Crippen molar-refractivity contribution in [2.75, 3.05) is 27.2 Å². The van der Waals surface area contributed by atoms with Gasteiger partial charge in [0.15, 0.2) is 5.96 Å². The van der Waals surface area contributed by atoms with E-state index >= 15 is 0 Å². The van der Waals surface area contributed by atoms with Gasteiger partial charge < -0.3 is 15.0 Å². The van der Waals surface area contributed by atoms with Crippen LogP contribution in [0.15, 0.2) is 11.2 Å². The van der Waals surface area contributed by atoms with E-state index in [1.54, 1.807) is 18.4 Å². The molecule has 1 aromatic heterocycles. The van der Waals surface area contributed by atoms with E-state index in [4.69, 9.17) is 4.74 Å². The molecule has 0 aliphatic carbocycles. The SMILES string of the molecule is CCc1cnc(CNC(=NC)N2CC(C)C(C(=O)OC)C2)s1. The second-order valence-electron chi connectivity index (χ2n) is 5.49. The molecule has 0 aromatic carbocycles. The fourth-order valence-corrected chi connectivity index (χ4v) is 3.48. The van der Waals surface area contributed by atoms with Crippen LogP contribution in [0.5, 0.6) is 0 Å². The highest BCUT2D eigenvalue weighted by atomic mass is 32.1. The normalized spacial score (nSPS) is 22.0. The number of ether oxygens (including phenoxy) is 1. The summed E-state index contributed by atoms with van der Waals surface area (Å²) in [6.45, 7) is 6.31. The summed E-state index contributed by atoms with van der Waals surface area (Å²) in [5.74, 6) is 0.845. The van der Waals surface area contributed by atoms with Crippen molar-refractivity contribution in [3.63, 3.8) is 0 Å². The van der Waals surface area contributed by atoms with Crippen molar-refractivity contribution in [2.24, 2.45) is 16.8 Å². The summed E-state index contributed by atoms with van der Waals surface area (Å²) < 4.78 is 4.88. The summed E-state index contributed by atoms with van der Waals surface area (Å²) in [4.78, 5) is 23.9. The Morgan fingerprint density at radius 3 is 2.95 bits per heavy atom. The van der Waals surface area contributed by atoms with Crippen LogP contribution in [0.3, 0.4) is 0 Å². The minimum absolute atomic E-state index is 0.0879. The Bertz CT molecular complexity index is 543. The maximum absolute atomic E-state index is 11.8. The van der Waals surface area contributed by atoms with Crippen LogP contribution in [-0.4, -0.2) is 49.1 Å². The van der Waals surface area contributed by atoms with Gasteiger partial charge in [0.25, 0.3) is 0 Å². The van der Waals surface area contributed by atoms with E-state index in [2.05, 4.69) is 34.0 Å². The number of aliphatic imine (C=N–C) groups is 1. The predicted octanol–water partition coefficient (Wildman–Crippen LogP) is 1.52. The number of carbonyl (C=O) groups is 1. The molecule has 2 heterocycles. The zero-order valence-corrected chi connectivity index (χ0v) is 14.4. The van der Waals surface area contributed by atoms with Gasteiger partial charge >= 0.3 is 5.97 Å². The molecule has 0 bridgehead atoms.